The largest absolute Gasteiger partial charge is 0.465 e. The fourth-order valence-electron chi connectivity index (χ4n) is 2.09. The molecule has 6 nitrogen and oxygen atoms in total. The minimum atomic E-state index is -0.438. The van der Waals surface area contributed by atoms with E-state index < -0.39 is 12.1 Å². The second kappa shape index (κ2) is 7.45. The Hall–Kier alpha value is -1.14. The quantitative estimate of drug-likeness (QED) is 0.722. The number of amides is 1. The molecule has 2 unspecified atom stereocenters. The average Bonchev–Trinajstić information content (AvgIpc) is 2.37. The summed E-state index contributed by atoms with van der Waals surface area (Å²) in [4.78, 5) is 25.8. The molecule has 0 saturated carbocycles. The Kier molecular flexibility index (Phi) is 6.24. The summed E-state index contributed by atoms with van der Waals surface area (Å²) in [7, 11) is 0. The first-order chi connectivity index (χ1) is 8.97. The molecule has 0 aromatic heterocycles. The van der Waals surface area contributed by atoms with E-state index in [1.165, 1.54) is 0 Å². The highest BCUT2D eigenvalue weighted by Gasteiger charge is 2.35. The highest BCUT2D eigenvalue weighted by molar-refractivity contribution is 5.83. The van der Waals surface area contributed by atoms with E-state index >= 15 is 0 Å². The van der Waals surface area contributed by atoms with E-state index in [2.05, 4.69) is 5.32 Å². The van der Waals surface area contributed by atoms with Crippen molar-refractivity contribution < 1.29 is 19.1 Å². The Morgan fingerprint density at radius 2 is 2.11 bits per heavy atom. The van der Waals surface area contributed by atoms with Crippen LogP contribution in [0, 0.1) is 0 Å². The summed E-state index contributed by atoms with van der Waals surface area (Å²) >= 11 is 0. The van der Waals surface area contributed by atoms with Crippen molar-refractivity contribution in [1.29, 1.82) is 0 Å². The average molecular weight is 272 g/mol. The Bertz CT molecular complexity index is 320. The van der Waals surface area contributed by atoms with Crippen LogP contribution >= 0.6 is 0 Å². The lowest BCUT2D eigenvalue weighted by Gasteiger charge is -2.37. The molecule has 0 aromatic rings. The maximum atomic E-state index is 12.1. The molecule has 110 valence electrons. The Balaban J connectivity index is 2.71. The molecular weight excluding hydrogens is 248 g/mol. The number of carbonyl (C=O) groups excluding carboxylic acids is 2. The van der Waals surface area contributed by atoms with E-state index in [9.17, 15) is 9.59 Å². The van der Waals surface area contributed by atoms with Crippen molar-refractivity contribution >= 4 is 11.9 Å². The van der Waals surface area contributed by atoms with Gasteiger partial charge in [0.1, 0.15) is 12.1 Å². The number of nitrogens with one attached hydrogen (secondary N) is 1. The molecule has 1 aliphatic rings. The predicted molar refractivity (Wildman–Crippen MR) is 70.7 cm³/mol. The zero-order valence-corrected chi connectivity index (χ0v) is 12.1. The zero-order valence-electron chi connectivity index (χ0n) is 12.1. The van der Waals surface area contributed by atoms with Crippen molar-refractivity contribution in [1.82, 2.24) is 10.2 Å². The van der Waals surface area contributed by atoms with Crippen LogP contribution in [0.3, 0.4) is 0 Å². The summed E-state index contributed by atoms with van der Waals surface area (Å²) in [5, 5.41) is 2.86. The van der Waals surface area contributed by atoms with Crippen LogP contribution in [0.2, 0.25) is 0 Å². The lowest BCUT2D eigenvalue weighted by Crippen LogP contribution is -2.59. The molecule has 1 amide bonds. The number of morpholine rings is 1. The van der Waals surface area contributed by atoms with Crippen molar-refractivity contribution in [3.8, 4) is 0 Å². The number of ether oxygens (including phenoxy) is 2. The van der Waals surface area contributed by atoms with Gasteiger partial charge in [-0.3, -0.25) is 14.5 Å². The molecular formula is C13H24N2O4. The molecule has 1 rings (SSSR count). The van der Waals surface area contributed by atoms with Gasteiger partial charge in [-0.15, -0.1) is 0 Å². The third kappa shape index (κ3) is 4.47. The van der Waals surface area contributed by atoms with Gasteiger partial charge in [0.25, 0.3) is 0 Å². The van der Waals surface area contributed by atoms with E-state index in [1.54, 1.807) is 13.8 Å². The van der Waals surface area contributed by atoms with Crippen molar-refractivity contribution in [3.63, 3.8) is 0 Å². The first kappa shape index (κ1) is 15.9. The van der Waals surface area contributed by atoms with E-state index in [-0.39, 0.29) is 17.9 Å². The van der Waals surface area contributed by atoms with Gasteiger partial charge in [0.15, 0.2) is 0 Å². The lowest BCUT2D eigenvalue weighted by atomic mass is 10.1. The maximum Gasteiger partial charge on any atom is 0.323 e. The summed E-state index contributed by atoms with van der Waals surface area (Å²) in [5.41, 5.74) is 0. The number of nitrogens with zero attached hydrogens (tertiary/aromatic N) is 1. The number of rotatable bonds is 5. The fourth-order valence-corrected chi connectivity index (χ4v) is 2.09. The molecule has 6 heteroatoms. The van der Waals surface area contributed by atoms with E-state index in [0.717, 1.165) is 0 Å². The van der Waals surface area contributed by atoms with E-state index in [0.29, 0.717) is 26.4 Å². The third-order valence-electron chi connectivity index (χ3n) is 3.03. The monoisotopic (exact) mass is 272 g/mol. The first-order valence-electron chi connectivity index (χ1n) is 6.77. The lowest BCUT2D eigenvalue weighted by molar-refractivity contribution is -0.154. The van der Waals surface area contributed by atoms with Gasteiger partial charge < -0.3 is 14.8 Å². The molecule has 2 atom stereocenters. The Morgan fingerprint density at radius 3 is 2.68 bits per heavy atom. The molecule has 1 fully saturated rings. The summed E-state index contributed by atoms with van der Waals surface area (Å²) in [5.74, 6) is -0.405. The third-order valence-corrected chi connectivity index (χ3v) is 3.03. The minimum Gasteiger partial charge on any atom is -0.465 e. The van der Waals surface area contributed by atoms with Crippen LogP contribution in [0.1, 0.15) is 27.7 Å². The second-order valence-corrected chi connectivity index (χ2v) is 4.92. The molecule has 0 spiro atoms. The van der Waals surface area contributed by atoms with Crippen molar-refractivity contribution in [2.24, 2.45) is 0 Å². The van der Waals surface area contributed by atoms with Gasteiger partial charge >= 0.3 is 5.97 Å². The molecule has 0 aliphatic carbocycles. The molecule has 1 N–H and O–H groups in total. The van der Waals surface area contributed by atoms with E-state index in [1.807, 2.05) is 18.7 Å². The highest BCUT2D eigenvalue weighted by atomic mass is 16.5. The summed E-state index contributed by atoms with van der Waals surface area (Å²) < 4.78 is 10.4. The summed E-state index contributed by atoms with van der Waals surface area (Å²) in [6.45, 7) is 9.07. The summed E-state index contributed by atoms with van der Waals surface area (Å²) in [6.07, 6.45) is 0. The molecule has 0 bridgehead atoms. The van der Waals surface area contributed by atoms with Gasteiger partial charge in [-0.2, -0.15) is 0 Å². The number of hydrogen-bond acceptors (Lipinski definition) is 5. The molecule has 0 radical (unpaired) electrons. The van der Waals surface area contributed by atoms with Crippen LogP contribution in [0.25, 0.3) is 0 Å². The van der Waals surface area contributed by atoms with Crippen LogP contribution < -0.4 is 5.32 Å². The van der Waals surface area contributed by atoms with Gasteiger partial charge in [0, 0.05) is 12.6 Å². The fraction of sp³-hybridized carbons (Fsp3) is 0.846. The summed E-state index contributed by atoms with van der Waals surface area (Å²) in [6, 6.07) is -0.809. The van der Waals surface area contributed by atoms with Crippen molar-refractivity contribution in [3.05, 3.63) is 0 Å². The van der Waals surface area contributed by atoms with Gasteiger partial charge in [0.2, 0.25) is 5.91 Å². The predicted octanol–water partition coefficient (Wildman–Crippen LogP) is 0.163. The van der Waals surface area contributed by atoms with Crippen molar-refractivity contribution in [2.75, 3.05) is 26.4 Å². The topological polar surface area (TPSA) is 67.9 Å². The minimum absolute atomic E-state index is 0.0641. The molecule has 1 saturated heterocycles. The molecule has 1 aliphatic heterocycles. The normalized spacial score (nSPS) is 22.1. The van der Waals surface area contributed by atoms with Gasteiger partial charge in [-0.05, 0) is 27.7 Å². The van der Waals surface area contributed by atoms with E-state index in [4.69, 9.17) is 9.47 Å². The Labute approximate surface area is 114 Å². The molecule has 19 heavy (non-hydrogen) atoms. The molecule has 0 aromatic carbocycles. The Morgan fingerprint density at radius 1 is 1.42 bits per heavy atom. The van der Waals surface area contributed by atoms with Gasteiger partial charge in [-0.1, -0.05) is 0 Å². The van der Waals surface area contributed by atoms with Gasteiger partial charge in [0.05, 0.1) is 19.8 Å². The second-order valence-electron chi connectivity index (χ2n) is 4.92. The SMILES string of the molecule is CCOC(=O)C(C)N1CCOCC1C(=O)NC(C)C. The zero-order chi connectivity index (χ0) is 14.4. The standard InChI is InChI=1S/C13H24N2O4/c1-5-19-13(17)10(4)15-6-7-18-8-11(15)12(16)14-9(2)3/h9-11H,5-8H2,1-4H3,(H,14,16). The van der Waals surface area contributed by atoms with Crippen molar-refractivity contribution in [2.45, 2.75) is 45.8 Å². The first-order valence-corrected chi connectivity index (χ1v) is 6.77. The van der Waals surface area contributed by atoms with Crippen LogP contribution in [0.15, 0.2) is 0 Å². The number of carbonyl (C=O) groups is 2. The van der Waals surface area contributed by atoms with Crippen LogP contribution in [0.5, 0.6) is 0 Å². The number of hydrogen-bond donors (Lipinski definition) is 1. The maximum absolute atomic E-state index is 12.1. The van der Waals surface area contributed by atoms with Crippen LogP contribution in [-0.2, 0) is 19.1 Å². The van der Waals surface area contributed by atoms with Crippen LogP contribution in [-0.4, -0.2) is 61.3 Å². The highest BCUT2D eigenvalue weighted by Crippen LogP contribution is 2.13. The molecule has 1 heterocycles. The number of esters is 1. The van der Waals surface area contributed by atoms with Crippen LogP contribution in [0.4, 0.5) is 0 Å². The smallest absolute Gasteiger partial charge is 0.323 e. The van der Waals surface area contributed by atoms with Gasteiger partial charge in [-0.25, -0.2) is 0 Å².